The van der Waals surface area contributed by atoms with Gasteiger partial charge >= 0.3 is 16.8 Å². The Bertz CT molecular complexity index is 101. The summed E-state index contributed by atoms with van der Waals surface area (Å²) in [6, 6.07) is 0. The lowest BCUT2D eigenvalue weighted by Crippen LogP contribution is -2.37. The minimum atomic E-state index is -2.41. The first-order valence-electron chi connectivity index (χ1n) is 2.31. The molecule has 0 unspecified atom stereocenters. The van der Waals surface area contributed by atoms with Crippen molar-refractivity contribution in [3.8, 4) is 0 Å². The van der Waals surface area contributed by atoms with Crippen LogP contribution in [0.4, 0.5) is 0 Å². The largest absolute Gasteiger partial charge is 0.424 e. The number of hydrogen-bond acceptors (Lipinski definition) is 4. The van der Waals surface area contributed by atoms with E-state index in [4.69, 9.17) is 0 Å². The van der Waals surface area contributed by atoms with Gasteiger partial charge in [-0.05, 0) is 0 Å². The second-order valence-corrected chi connectivity index (χ2v) is 2.27. The second kappa shape index (κ2) is 3.66. The van der Waals surface area contributed by atoms with E-state index in [1.165, 1.54) is 0 Å². The van der Waals surface area contributed by atoms with Crippen LogP contribution in [0.15, 0.2) is 0 Å². The summed E-state index contributed by atoms with van der Waals surface area (Å²) >= 11 is 0. The summed E-state index contributed by atoms with van der Waals surface area (Å²) in [5.74, 6) is -1.16. The normalized spacial score (nSPS) is 10.4. The molecule has 0 aliphatic heterocycles. The van der Waals surface area contributed by atoms with Crippen LogP contribution in [-0.2, 0) is 9.08 Å². The molecule has 0 aromatic carbocycles. The monoisotopic (exact) mass is 154 g/mol. The first-order chi connectivity index (χ1) is 4.04. The molecular formula is C4H7ClO4. The van der Waals surface area contributed by atoms with Crippen molar-refractivity contribution in [3.63, 3.8) is 0 Å². The third-order valence-electron chi connectivity index (χ3n) is 0.610. The summed E-state index contributed by atoms with van der Waals surface area (Å²) in [6.45, 7) is 3.09. The van der Waals surface area contributed by atoms with Crippen molar-refractivity contribution in [2.75, 3.05) is 0 Å². The van der Waals surface area contributed by atoms with Crippen molar-refractivity contribution in [3.05, 3.63) is 0 Å². The van der Waals surface area contributed by atoms with E-state index in [0.717, 1.165) is 0 Å². The van der Waals surface area contributed by atoms with Gasteiger partial charge in [0.15, 0.2) is 0 Å². The molecule has 0 N–H and O–H groups in total. The highest BCUT2D eigenvalue weighted by Gasteiger charge is 2.20. The molecule has 0 aliphatic rings. The Labute approximate surface area is 55.8 Å². The van der Waals surface area contributed by atoms with Crippen LogP contribution in [0, 0.1) is 16.7 Å². The fraction of sp³-hybridized carbons (Fsp3) is 0.750. The zero-order chi connectivity index (χ0) is 7.44. The molecule has 0 aromatic heterocycles. The van der Waals surface area contributed by atoms with Crippen molar-refractivity contribution in [1.29, 1.82) is 0 Å². The van der Waals surface area contributed by atoms with Crippen LogP contribution in [-0.4, -0.2) is 5.97 Å². The zero-order valence-electron chi connectivity index (χ0n) is 5.09. The van der Waals surface area contributed by atoms with Crippen LogP contribution in [0.3, 0.4) is 0 Å². The highest BCUT2D eigenvalue weighted by molar-refractivity contribution is 5.70. The van der Waals surface area contributed by atoms with Gasteiger partial charge in [-0.25, -0.2) is 4.79 Å². The molecule has 0 fully saturated rings. The van der Waals surface area contributed by atoms with E-state index in [2.05, 4.69) is 4.29 Å². The Morgan fingerprint density at radius 1 is 1.56 bits per heavy atom. The summed E-state index contributed by atoms with van der Waals surface area (Å²) in [4.78, 5) is 10.3. The predicted molar refractivity (Wildman–Crippen MR) is 20.9 cm³/mol. The molecule has 0 rings (SSSR count). The minimum absolute atomic E-state index is 0.409. The lowest BCUT2D eigenvalue weighted by Gasteiger charge is -1.95. The molecule has 0 spiro atoms. The van der Waals surface area contributed by atoms with E-state index in [1.54, 1.807) is 13.8 Å². The lowest BCUT2D eigenvalue weighted by atomic mass is 10.2. The van der Waals surface area contributed by atoms with Crippen molar-refractivity contribution in [2.24, 2.45) is 5.92 Å². The van der Waals surface area contributed by atoms with Gasteiger partial charge in [-0.3, -0.25) is 0 Å². The maximum absolute atomic E-state index is 10.3. The Morgan fingerprint density at radius 3 is 2.11 bits per heavy atom. The molecule has 5 heteroatoms. The van der Waals surface area contributed by atoms with Gasteiger partial charge in [0.2, 0.25) is 0 Å². The van der Waals surface area contributed by atoms with E-state index in [0.29, 0.717) is 0 Å². The topological polar surface area (TPSA) is 72.4 Å². The third kappa shape index (κ3) is 4.20. The number of carbonyl (C=O) groups excluding carboxylic acids is 1. The molecule has 0 atom stereocenters. The van der Waals surface area contributed by atoms with Crippen LogP contribution in [0.2, 0.25) is 0 Å². The number of rotatable bonds is 2. The van der Waals surface area contributed by atoms with Crippen LogP contribution in [0.1, 0.15) is 13.8 Å². The van der Waals surface area contributed by atoms with Gasteiger partial charge in [-0.2, -0.15) is 0 Å². The Hall–Kier alpha value is -0.320. The van der Waals surface area contributed by atoms with Crippen LogP contribution in [0.25, 0.3) is 0 Å². The summed E-state index contributed by atoms with van der Waals surface area (Å²) in [5.41, 5.74) is 0. The maximum atomic E-state index is 10.3. The summed E-state index contributed by atoms with van der Waals surface area (Å²) in [5, 5.41) is 0. The number of carbonyl (C=O) groups is 1. The maximum Gasteiger partial charge on any atom is 0.424 e. The van der Waals surface area contributed by atoms with Crippen LogP contribution in [0.5, 0.6) is 0 Å². The first-order valence-corrected chi connectivity index (χ1v) is 3.24. The fourth-order valence-corrected chi connectivity index (χ4v) is 0.454. The second-order valence-electron chi connectivity index (χ2n) is 1.74. The van der Waals surface area contributed by atoms with E-state index in [1.807, 2.05) is 0 Å². The van der Waals surface area contributed by atoms with E-state index >= 15 is 0 Å². The summed E-state index contributed by atoms with van der Waals surface area (Å²) < 4.78 is 23.0. The quantitative estimate of drug-likeness (QED) is 0.474. The van der Waals surface area contributed by atoms with Gasteiger partial charge < -0.3 is 9.32 Å². The standard InChI is InChI=1S/C4H7ClO4/c1-3(2)4(6)9-5(7)8/h3H,1-2H3. The Kier molecular flexibility index (Phi) is 3.53. The summed E-state index contributed by atoms with van der Waals surface area (Å²) in [6.07, 6.45) is 0. The molecule has 0 bridgehead atoms. The van der Waals surface area contributed by atoms with Gasteiger partial charge in [-0.1, -0.05) is 18.1 Å². The molecule has 9 heavy (non-hydrogen) atoms. The Morgan fingerprint density at radius 2 is 2.00 bits per heavy atom. The van der Waals surface area contributed by atoms with E-state index in [-0.39, 0.29) is 0 Å². The molecule has 0 aliphatic carbocycles. The average Bonchev–Trinajstić information content (AvgIpc) is 1.63. The molecule has 4 nitrogen and oxygen atoms in total. The zero-order valence-corrected chi connectivity index (χ0v) is 5.84. The predicted octanol–water partition coefficient (Wildman–Crippen LogP) is -1.73. The van der Waals surface area contributed by atoms with Crippen molar-refractivity contribution in [2.45, 2.75) is 13.8 Å². The highest BCUT2D eigenvalue weighted by Crippen LogP contribution is 1.95. The highest BCUT2D eigenvalue weighted by atomic mass is 35.6. The lowest BCUT2D eigenvalue weighted by molar-refractivity contribution is -1.62. The number of halogens is 1. The fourth-order valence-electron chi connectivity index (χ4n) is 0.151. The Balaban J connectivity index is 3.51. The van der Waals surface area contributed by atoms with Crippen molar-refractivity contribution < 1.29 is 29.2 Å². The SMILES string of the molecule is CC(C)C(=O)O[Cl+2]([O-])[O-]. The molecule has 0 radical (unpaired) electrons. The van der Waals surface area contributed by atoms with Crippen LogP contribution < -0.4 is 9.32 Å². The van der Waals surface area contributed by atoms with Crippen molar-refractivity contribution >= 4 is 5.97 Å². The molecule has 0 amide bonds. The molecule has 0 saturated carbocycles. The number of hydrogen-bond donors (Lipinski definition) is 0. The smallest absolute Gasteiger partial charge is 0.307 e. The van der Waals surface area contributed by atoms with Gasteiger partial charge in [0.1, 0.15) is 0 Å². The molecule has 0 aromatic rings. The van der Waals surface area contributed by atoms with Gasteiger partial charge in [0.25, 0.3) is 0 Å². The average molecular weight is 155 g/mol. The van der Waals surface area contributed by atoms with Gasteiger partial charge in [0.05, 0.1) is 5.92 Å². The van der Waals surface area contributed by atoms with Gasteiger partial charge in [0, 0.05) is 0 Å². The minimum Gasteiger partial charge on any atom is -0.307 e. The summed E-state index contributed by atoms with van der Waals surface area (Å²) in [7, 11) is -2.41. The van der Waals surface area contributed by atoms with Crippen molar-refractivity contribution in [1.82, 2.24) is 0 Å². The first kappa shape index (κ1) is 8.68. The molecular weight excluding hydrogens is 147 g/mol. The van der Waals surface area contributed by atoms with Gasteiger partial charge in [-0.15, -0.1) is 0 Å². The van der Waals surface area contributed by atoms with Crippen LogP contribution >= 0.6 is 0 Å². The van der Waals surface area contributed by atoms with E-state index < -0.39 is 22.7 Å². The van der Waals surface area contributed by atoms with E-state index in [9.17, 15) is 14.1 Å². The molecule has 0 heterocycles. The molecule has 54 valence electrons. The molecule has 0 saturated heterocycles. The third-order valence-corrected chi connectivity index (χ3v) is 0.889.